The first-order valence-corrected chi connectivity index (χ1v) is 9.25. The second kappa shape index (κ2) is 8.98. The van der Waals surface area contributed by atoms with Crippen molar-refractivity contribution in [2.75, 3.05) is 0 Å². The zero-order chi connectivity index (χ0) is 21.7. The van der Waals surface area contributed by atoms with Crippen LogP contribution in [0.2, 0.25) is 0 Å². The van der Waals surface area contributed by atoms with Gasteiger partial charge in [-0.1, -0.05) is 40.2 Å². The molecule has 0 aliphatic carbocycles. The smallest absolute Gasteiger partial charge is 0.318 e. The third kappa shape index (κ3) is 4.87. The first-order chi connectivity index (χ1) is 14.4. The molecule has 0 saturated carbocycles. The van der Waals surface area contributed by atoms with E-state index in [9.17, 15) is 25.5 Å². The number of hydrogen-bond donors (Lipinski definition) is 0. The van der Waals surface area contributed by atoms with Gasteiger partial charge in [-0.2, -0.15) is 5.26 Å². The number of rotatable bonds is 6. The maximum atomic E-state index is 11.2. The van der Waals surface area contributed by atoms with E-state index in [2.05, 4.69) is 22.0 Å². The number of nitrogens with zero attached hydrogens (tertiary/aromatic N) is 3. The number of ether oxygens (including phenoxy) is 1. The summed E-state index contributed by atoms with van der Waals surface area (Å²) in [6, 6.07) is 19.2. The molecule has 0 aromatic heterocycles. The summed E-state index contributed by atoms with van der Waals surface area (Å²) in [5.74, 6) is 0.202. The van der Waals surface area contributed by atoms with Crippen LogP contribution in [0, 0.1) is 31.6 Å². The van der Waals surface area contributed by atoms with E-state index in [1.54, 1.807) is 30.3 Å². The molecule has 0 aliphatic heterocycles. The number of nitriles is 1. The Hall–Kier alpha value is -4.03. The maximum Gasteiger partial charge on any atom is 0.318 e. The molecule has 3 aromatic rings. The Labute approximate surface area is 179 Å². The van der Waals surface area contributed by atoms with Gasteiger partial charge in [-0.15, -0.1) is 0 Å². The van der Waals surface area contributed by atoms with Crippen molar-refractivity contribution < 1.29 is 14.6 Å². The van der Waals surface area contributed by atoms with Crippen LogP contribution in [0.4, 0.5) is 11.4 Å². The molecule has 0 amide bonds. The van der Waals surface area contributed by atoms with Gasteiger partial charge >= 0.3 is 5.69 Å². The topological polar surface area (TPSA) is 119 Å². The quantitative estimate of drug-likeness (QED) is 0.187. The van der Waals surface area contributed by atoms with Gasteiger partial charge in [0, 0.05) is 10.5 Å². The standard InChI is InChI=1S/C21H12BrN3O5/c22-17-5-3-15(4-6-17)16(13-23)11-14-1-8-19(9-2-14)30-21-10-7-18(24(26)27)12-20(21)25(28)29/h1-12H/b16-11+. The van der Waals surface area contributed by atoms with Gasteiger partial charge < -0.3 is 4.74 Å². The van der Waals surface area contributed by atoms with E-state index in [0.717, 1.165) is 27.7 Å². The predicted octanol–water partition coefficient (Wildman–Crippen LogP) is 6.12. The molecule has 0 bridgehead atoms. The first kappa shape index (κ1) is 20.7. The lowest BCUT2D eigenvalue weighted by atomic mass is 10.0. The highest BCUT2D eigenvalue weighted by Gasteiger charge is 2.21. The lowest BCUT2D eigenvalue weighted by Gasteiger charge is -2.07. The van der Waals surface area contributed by atoms with Crippen molar-refractivity contribution in [3.05, 3.63) is 103 Å². The SMILES string of the molecule is N#C/C(=C\c1ccc(Oc2ccc([N+](=O)[O-])cc2[N+](=O)[O-])cc1)c1ccc(Br)cc1. The zero-order valence-electron chi connectivity index (χ0n) is 15.2. The number of allylic oxidation sites excluding steroid dienone is 1. The van der Waals surface area contributed by atoms with E-state index in [1.165, 1.54) is 6.07 Å². The second-order valence-electron chi connectivity index (χ2n) is 6.01. The highest BCUT2D eigenvalue weighted by Crippen LogP contribution is 2.34. The summed E-state index contributed by atoms with van der Waals surface area (Å²) in [4.78, 5) is 20.6. The Morgan fingerprint density at radius 2 is 1.63 bits per heavy atom. The van der Waals surface area contributed by atoms with Crippen molar-refractivity contribution in [1.82, 2.24) is 0 Å². The van der Waals surface area contributed by atoms with Gasteiger partial charge in [0.2, 0.25) is 5.75 Å². The molecule has 0 atom stereocenters. The van der Waals surface area contributed by atoms with Crippen LogP contribution in [0.5, 0.6) is 11.5 Å². The third-order valence-electron chi connectivity index (χ3n) is 4.04. The van der Waals surface area contributed by atoms with E-state index >= 15 is 0 Å². The molecule has 9 heteroatoms. The van der Waals surface area contributed by atoms with E-state index in [1.807, 2.05) is 24.3 Å². The molecular formula is C21H12BrN3O5. The summed E-state index contributed by atoms with van der Waals surface area (Å²) >= 11 is 3.35. The maximum absolute atomic E-state index is 11.2. The van der Waals surface area contributed by atoms with E-state index < -0.39 is 21.2 Å². The number of halogens is 1. The fourth-order valence-electron chi connectivity index (χ4n) is 2.58. The van der Waals surface area contributed by atoms with Crippen molar-refractivity contribution >= 4 is 39.0 Å². The average molecular weight is 466 g/mol. The molecule has 0 heterocycles. The third-order valence-corrected chi connectivity index (χ3v) is 4.57. The van der Waals surface area contributed by atoms with Gasteiger partial charge in [0.05, 0.1) is 27.6 Å². The summed E-state index contributed by atoms with van der Waals surface area (Å²) < 4.78 is 6.44. The van der Waals surface area contributed by atoms with Crippen molar-refractivity contribution in [1.29, 1.82) is 5.26 Å². The molecule has 3 rings (SSSR count). The van der Waals surface area contributed by atoms with Crippen LogP contribution in [0.15, 0.2) is 71.2 Å². The van der Waals surface area contributed by atoms with Crippen LogP contribution in [-0.2, 0) is 0 Å². The highest BCUT2D eigenvalue weighted by molar-refractivity contribution is 9.10. The highest BCUT2D eigenvalue weighted by atomic mass is 79.9. The lowest BCUT2D eigenvalue weighted by molar-refractivity contribution is -0.394. The molecule has 30 heavy (non-hydrogen) atoms. The summed E-state index contributed by atoms with van der Waals surface area (Å²) in [5.41, 5.74) is 1.08. The van der Waals surface area contributed by atoms with Crippen LogP contribution in [0.25, 0.3) is 11.6 Å². The normalized spacial score (nSPS) is 10.9. The van der Waals surface area contributed by atoms with E-state index in [-0.39, 0.29) is 5.75 Å². The monoisotopic (exact) mass is 465 g/mol. The molecule has 8 nitrogen and oxygen atoms in total. The van der Waals surface area contributed by atoms with Crippen LogP contribution < -0.4 is 4.74 Å². The van der Waals surface area contributed by atoms with Gasteiger partial charge in [0.25, 0.3) is 5.69 Å². The van der Waals surface area contributed by atoms with Crippen LogP contribution in [0.3, 0.4) is 0 Å². The van der Waals surface area contributed by atoms with Crippen molar-refractivity contribution in [3.8, 4) is 17.6 Å². The number of benzene rings is 3. The second-order valence-corrected chi connectivity index (χ2v) is 6.93. The largest absolute Gasteiger partial charge is 0.450 e. The fraction of sp³-hybridized carbons (Fsp3) is 0. The molecule has 0 N–H and O–H groups in total. The first-order valence-electron chi connectivity index (χ1n) is 8.46. The fourth-order valence-corrected chi connectivity index (χ4v) is 2.85. The Bertz CT molecular complexity index is 1180. The molecule has 148 valence electrons. The van der Waals surface area contributed by atoms with Crippen LogP contribution in [0.1, 0.15) is 11.1 Å². The Balaban J connectivity index is 1.84. The summed E-state index contributed by atoms with van der Waals surface area (Å²) in [5, 5.41) is 31.5. The van der Waals surface area contributed by atoms with Gasteiger partial charge in [0.1, 0.15) is 5.75 Å². The van der Waals surface area contributed by atoms with Crippen molar-refractivity contribution in [2.45, 2.75) is 0 Å². The molecule has 0 radical (unpaired) electrons. The Kier molecular flexibility index (Phi) is 6.20. The minimum absolute atomic E-state index is 0.110. The van der Waals surface area contributed by atoms with E-state index in [0.29, 0.717) is 11.3 Å². The average Bonchev–Trinajstić information content (AvgIpc) is 2.74. The molecule has 0 unspecified atom stereocenters. The molecule has 3 aromatic carbocycles. The van der Waals surface area contributed by atoms with Gasteiger partial charge in [-0.3, -0.25) is 20.2 Å². The van der Waals surface area contributed by atoms with Crippen LogP contribution >= 0.6 is 15.9 Å². The molecule has 0 spiro atoms. The molecule has 0 aliphatic rings. The molecular weight excluding hydrogens is 454 g/mol. The summed E-state index contributed by atoms with van der Waals surface area (Å²) in [7, 11) is 0. The zero-order valence-corrected chi connectivity index (χ0v) is 16.8. The van der Waals surface area contributed by atoms with Crippen molar-refractivity contribution in [3.63, 3.8) is 0 Å². The van der Waals surface area contributed by atoms with Crippen LogP contribution in [-0.4, -0.2) is 9.85 Å². The molecule has 0 saturated heterocycles. The van der Waals surface area contributed by atoms with Gasteiger partial charge in [0.15, 0.2) is 0 Å². The lowest BCUT2D eigenvalue weighted by Crippen LogP contribution is -1.96. The Morgan fingerprint density at radius 3 is 2.20 bits per heavy atom. The number of nitro groups is 2. The number of nitro benzene ring substituents is 2. The molecule has 0 fully saturated rings. The minimum atomic E-state index is -0.739. The Morgan fingerprint density at radius 1 is 0.967 bits per heavy atom. The number of non-ortho nitro benzene ring substituents is 1. The predicted molar refractivity (Wildman–Crippen MR) is 114 cm³/mol. The van der Waals surface area contributed by atoms with Gasteiger partial charge in [-0.25, -0.2) is 0 Å². The van der Waals surface area contributed by atoms with Gasteiger partial charge in [-0.05, 0) is 47.5 Å². The summed E-state index contributed by atoms with van der Waals surface area (Å²) in [6.07, 6.45) is 1.71. The summed E-state index contributed by atoms with van der Waals surface area (Å²) in [6.45, 7) is 0. The van der Waals surface area contributed by atoms with Crippen molar-refractivity contribution in [2.24, 2.45) is 0 Å². The minimum Gasteiger partial charge on any atom is -0.450 e. The van der Waals surface area contributed by atoms with E-state index in [4.69, 9.17) is 4.74 Å². The number of hydrogen-bond acceptors (Lipinski definition) is 6.